The van der Waals surface area contributed by atoms with Crippen LogP contribution in [0.15, 0.2) is 24.3 Å². The van der Waals surface area contributed by atoms with E-state index in [0.717, 1.165) is 42.7 Å². The number of carbonyl (C=O) groups is 2. The second kappa shape index (κ2) is 12.9. The van der Waals surface area contributed by atoms with E-state index in [0.29, 0.717) is 24.3 Å². The summed E-state index contributed by atoms with van der Waals surface area (Å²) in [6, 6.07) is 6.85. The third kappa shape index (κ3) is 9.69. The molecule has 2 amide bonds. The van der Waals surface area contributed by atoms with Gasteiger partial charge in [-0.15, -0.1) is 0 Å². The molecule has 32 heavy (non-hydrogen) atoms. The van der Waals surface area contributed by atoms with Gasteiger partial charge in [-0.3, -0.25) is 4.79 Å². The fourth-order valence-corrected chi connectivity index (χ4v) is 4.85. The van der Waals surface area contributed by atoms with Crippen LogP contribution in [-0.4, -0.2) is 55.5 Å². The molecule has 8 heteroatoms. The first kappa shape index (κ1) is 26.3. The predicted molar refractivity (Wildman–Crippen MR) is 128 cm³/mol. The van der Waals surface area contributed by atoms with Crippen LogP contribution in [0.2, 0.25) is 0 Å². The maximum Gasteiger partial charge on any atom is 0.408 e. The number of carbonyl (C=O) groups excluding carboxylic acids is 2. The van der Waals surface area contributed by atoms with Crippen LogP contribution in [0.5, 0.6) is 5.75 Å². The van der Waals surface area contributed by atoms with Gasteiger partial charge in [-0.05, 0) is 75.8 Å². The Morgan fingerprint density at radius 2 is 1.75 bits per heavy atom. The summed E-state index contributed by atoms with van der Waals surface area (Å²) in [6.07, 6.45) is 4.25. The van der Waals surface area contributed by atoms with Gasteiger partial charge >= 0.3 is 6.09 Å². The van der Waals surface area contributed by atoms with E-state index >= 15 is 0 Å². The number of alkyl carbamates (subject to hydrolysis) is 1. The summed E-state index contributed by atoms with van der Waals surface area (Å²) in [5, 5.41) is 5.67. The highest BCUT2D eigenvalue weighted by atomic mass is 32.2. The van der Waals surface area contributed by atoms with Crippen LogP contribution >= 0.6 is 11.8 Å². The number of hydrogen-bond donors (Lipinski definition) is 2. The zero-order valence-electron chi connectivity index (χ0n) is 19.9. The van der Waals surface area contributed by atoms with E-state index in [1.807, 2.05) is 24.3 Å². The van der Waals surface area contributed by atoms with E-state index in [2.05, 4.69) is 10.6 Å². The van der Waals surface area contributed by atoms with E-state index in [9.17, 15) is 9.59 Å². The van der Waals surface area contributed by atoms with Gasteiger partial charge in [0.2, 0.25) is 5.91 Å². The van der Waals surface area contributed by atoms with Gasteiger partial charge < -0.3 is 24.8 Å². The minimum Gasteiger partial charge on any atom is -0.497 e. The van der Waals surface area contributed by atoms with Crippen molar-refractivity contribution in [2.24, 2.45) is 5.92 Å². The first-order chi connectivity index (χ1) is 15.2. The number of benzene rings is 1. The van der Waals surface area contributed by atoms with Gasteiger partial charge in [0.1, 0.15) is 17.4 Å². The Balaban J connectivity index is 1.88. The summed E-state index contributed by atoms with van der Waals surface area (Å²) in [6.45, 7) is 5.78. The molecule has 7 nitrogen and oxygen atoms in total. The standard InChI is InChI=1S/C24H38N2O5S/c1-24(2,3)31-23(28)26-21(16-32-15-18-8-12-20(30-5)13-9-18)22(27)25-14-17-6-10-19(29-4)11-7-17/h6-7,10-11,18,20-21H,8-9,12-16H2,1-5H3,(H,25,27)(H,26,28)/t18?,20?,21-/m0/s1. The zero-order valence-corrected chi connectivity index (χ0v) is 20.8. The molecule has 2 N–H and O–H groups in total. The normalized spacial score (nSPS) is 19.7. The van der Waals surface area contributed by atoms with E-state index in [-0.39, 0.29) is 5.91 Å². The van der Waals surface area contributed by atoms with Gasteiger partial charge in [-0.1, -0.05) is 12.1 Å². The minimum atomic E-state index is -0.664. The Hall–Kier alpha value is -1.93. The van der Waals surface area contributed by atoms with Crippen LogP contribution < -0.4 is 15.4 Å². The van der Waals surface area contributed by atoms with Gasteiger partial charge in [0.15, 0.2) is 0 Å². The smallest absolute Gasteiger partial charge is 0.408 e. The molecule has 180 valence electrons. The molecule has 0 saturated heterocycles. The molecular weight excluding hydrogens is 428 g/mol. The highest BCUT2D eigenvalue weighted by molar-refractivity contribution is 7.99. The van der Waals surface area contributed by atoms with Crippen molar-refractivity contribution in [3.8, 4) is 5.75 Å². The summed E-state index contributed by atoms with van der Waals surface area (Å²) in [4.78, 5) is 25.2. The maximum atomic E-state index is 12.9. The summed E-state index contributed by atoms with van der Waals surface area (Å²) in [5.74, 6) is 2.63. The van der Waals surface area contributed by atoms with Crippen LogP contribution in [0.25, 0.3) is 0 Å². The quantitative estimate of drug-likeness (QED) is 0.539. The zero-order chi connectivity index (χ0) is 23.6. The summed E-state index contributed by atoms with van der Waals surface area (Å²) >= 11 is 1.70. The van der Waals surface area contributed by atoms with Gasteiger partial charge in [0.25, 0.3) is 0 Å². The molecule has 1 aliphatic rings. The predicted octanol–water partition coefficient (Wildman–Crippen LogP) is 4.14. The molecule has 2 rings (SSSR count). The van der Waals surface area contributed by atoms with Crippen molar-refractivity contribution >= 4 is 23.8 Å². The molecule has 1 aliphatic carbocycles. The van der Waals surface area contributed by atoms with E-state index in [1.54, 1.807) is 46.8 Å². The van der Waals surface area contributed by atoms with Crippen LogP contribution in [0.4, 0.5) is 4.79 Å². The Labute approximate surface area is 196 Å². The lowest BCUT2D eigenvalue weighted by atomic mass is 9.89. The third-order valence-corrected chi connectivity index (χ3v) is 6.67. The topological polar surface area (TPSA) is 85.9 Å². The molecule has 0 aromatic heterocycles. The van der Waals surface area contributed by atoms with Crippen LogP contribution in [0.3, 0.4) is 0 Å². The van der Waals surface area contributed by atoms with E-state index < -0.39 is 17.7 Å². The molecule has 1 saturated carbocycles. The fraction of sp³-hybridized carbons (Fsp3) is 0.667. The van der Waals surface area contributed by atoms with Crippen molar-refractivity contribution in [1.82, 2.24) is 10.6 Å². The Morgan fingerprint density at radius 3 is 2.31 bits per heavy atom. The van der Waals surface area contributed by atoms with E-state index in [1.165, 1.54) is 0 Å². The third-order valence-electron chi connectivity index (χ3n) is 5.40. The highest BCUT2D eigenvalue weighted by Crippen LogP contribution is 2.28. The number of methoxy groups -OCH3 is 2. The molecule has 0 unspecified atom stereocenters. The lowest BCUT2D eigenvalue weighted by Gasteiger charge is -2.28. The van der Waals surface area contributed by atoms with E-state index in [4.69, 9.17) is 14.2 Å². The summed E-state index contributed by atoms with van der Waals surface area (Å²) in [7, 11) is 3.39. The van der Waals surface area contributed by atoms with Crippen molar-refractivity contribution in [2.75, 3.05) is 25.7 Å². The van der Waals surface area contributed by atoms with Crippen molar-refractivity contribution in [1.29, 1.82) is 0 Å². The molecule has 0 bridgehead atoms. The Bertz CT molecular complexity index is 712. The molecule has 0 aliphatic heterocycles. The van der Waals surface area contributed by atoms with Crippen LogP contribution in [-0.2, 0) is 20.8 Å². The summed E-state index contributed by atoms with van der Waals surface area (Å²) < 4.78 is 16.0. The van der Waals surface area contributed by atoms with Crippen molar-refractivity contribution in [3.05, 3.63) is 29.8 Å². The number of hydrogen-bond acceptors (Lipinski definition) is 6. The van der Waals surface area contributed by atoms with Gasteiger partial charge in [-0.2, -0.15) is 11.8 Å². The second-order valence-corrected chi connectivity index (χ2v) is 10.3. The van der Waals surface area contributed by atoms with Crippen LogP contribution in [0, 0.1) is 5.92 Å². The first-order valence-corrected chi connectivity index (χ1v) is 12.4. The molecule has 1 atom stereocenters. The number of thioether (sulfide) groups is 1. The average Bonchev–Trinajstić information content (AvgIpc) is 2.76. The second-order valence-electron chi connectivity index (χ2n) is 9.18. The average molecular weight is 467 g/mol. The van der Waals surface area contributed by atoms with Crippen LogP contribution in [0.1, 0.15) is 52.0 Å². The molecule has 1 aromatic rings. The fourth-order valence-electron chi connectivity index (χ4n) is 3.58. The number of ether oxygens (including phenoxy) is 3. The highest BCUT2D eigenvalue weighted by Gasteiger charge is 2.26. The largest absolute Gasteiger partial charge is 0.497 e. The Morgan fingerprint density at radius 1 is 1.09 bits per heavy atom. The molecular formula is C24H38N2O5S. The molecule has 0 heterocycles. The molecule has 1 aromatic carbocycles. The van der Waals surface area contributed by atoms with Gasteiger partial charge in [0, 0.05) is 19.4 Å². The molecule has 1 fully saturated rings. The van der Waals surface area contributed by atoms with Gasteiger partial charge in [-0.25, -0.2) is 4.79 Å². The number of amides is 2. The maximum absolute atomic E-state index is 12.9. The van der Waals surface area contributed by atoms with Gasteiger partial charge in [0.05, 0.1) is 13.2 Å². The molecule has 0 spiro atoms. The summed E-state index contributed by atoms with van der Waals surface area (Å²) in [5.41, 5.74) is 0.333. The lowest BCUT2D eigenvalue weighted by molar-refractivity contribution is -0.122. The van der Waals surface area contributed by atoms with Crippen molar-refractivity contribution < 1.29 is 23.8 Å². The van der Waals surface area contributed by atoms with Crippen molar-refractivity contribution in [2.45, 2.75) is 70.7 Å². The minimum absolute atomic E-state index is 0.220. The monoisotopic (exact) mass is 466 g/mol. The number of nitrogens with one attached hydrogen (secondary N) is 2. The Kier molecular flexibility index (Phi) is 10.6. The molecule has 0 radical (unpaired) electrons. The first-order valence-electron chi connectivity index (χ1n) is 11.2. The van der Waals surface area contributed by atoms with Crippen molar-refractivity contribution in [3.63, 3.8) is 0 Å². The number of rotatable bonds is 10. The lowest BCUT2D eigenvalue weighted by Crippen LogP contribution is -2.49. The SMILES string of the molecule is COc1ccc(CNC(=O)[C@H](CSCC2CCC(OC)CC2)NC(=O)OC(C)(C)C)cc1.